The van der Waals surface area contributed by atoms with Crippen LogP contribution in [0.15, 0.2) is 30.3 Å². The van der Waals surface area contributed by atoms with Gasteiger partial charge in [0, 0.05) is 5.56 Å². The van der Waals surface area contributed by atoms with E-state index in [-0.39, 0.29) is 6.61 Å². The first-order valence-corrected chi connectivity index (χ1v) is 8.83. The minimum atomic E-state index is -0.839. The van der Waals surface area contributed by atoms with E-state index < -0.39 is 6.09 Å². The van der Waals surface area contributed by atoms with Gasteiger partial charge in [-0.05, 0) is 48.6 Å². The largest absolute Gasteiger partial charge is 0.489 e. The summed E-state index contributed by atoms with van der Waals surface area (Å²) in [5, 5.41) is 10.6. The molecule has 0 aliphatic rings. The number of hydroxylamine groups is 1. The number of carbonyl (C=O) groups is 1. The summed E-state index contributed by atoms with van der Waals surface area (Å²) >= 11 is 0. The van der Waals surface area contributed by atoms with Crippen LogP contribution in [0.4, 0.5) is 10.5 Å². The van der Waals surface area contributed by atoms with E-state index in [9.17, 15) is 10.0 Å². The lowest BCUT2D eigenvalue weighted by Gasteiger charge is -2.20. The molecule has 0 fully saturated rings. The van der Waals surface area contributed by atoms with Gasteiger partial charge in [-0.1, -0.05) is 37.5 Å². The molecule has 0 radical (unpaired) electrons. The van der Waals surface area contributed by atoms with Crippen LogP contribution in [0.1, 0.15) is 36.1 Å². The van der Waals surface area contributed by atoms with Gasteiger partial charge in [-0.15, -0.1) is 0 Å². The number of hydrogen-bond donors (Lipinski definition) is 1. The second kappa shape index (κ2) is 8.76. The highest BCUT2D eigenvalue weighted by molar-refractivity contribution is 6.33. The maximum absolute atomic E-state index is 11.7. The van der Waals surface area contributed by atoms with E-state index in [1.807, 2.05) is 13.9 Å². The first kappa shape index (κ1) is 19.9. The molecule has 138 valence electrons. The summed E-state index contributed by atoms with van der Waals surface area (Å²) in [4.78, 5) is 11.7. The molecule has 0 saturated carbocycles. The van der Waals surface area contributed by atoms with Crippen molar-refractivity contribution in [2.24, 2.45) is 0 Å². The van der Waals surface area contributed by atoms with Crippen LogP contribution in [0.5, 0.6) is 5.75 Å². The molecule has 26 heavy (non-hydrogen) atoms. The van der Waals surface area contributed by atoms with Crippen molar-refractivity contribution in [2.45, 2.75) is 40.2 Å². The lowest BCUT2D eigenvalue weighted by molar-refractivity contribution is 0.140. The highest BCUT2D eigenvalue weighted by atomic mass is 16.6. The highest BCUT2D eigenvalue weighted by Gasteiger charge is 2.19. The third-order valence-electron chi connectivity index (χ3n) is 4.61. The molecular formula is C20H26BNO4. The van der Waals surface area contributed by atoms with Crippen molar-refractivity contribution in [3.8, 4) is 5.75 Å². The van der Waals surface area contributed by atoms with Gasteiger partial charge in [-0.2, -0.15) is 5.06 Å². The Morgan fingerprint density at radius 2 is 1.88 bits per heavy atom. The number of hydrogen-bond acceptors (Lipinski definition) is 4. The number of benzene rings is 2. The number of carbonyl (C=O) groups excluding carboxylic acids is 1. The summed E-state index contributed by atoms with van der Waals surface area (Å²) in [6.07, 6.45) is 1.02. The fraction of sp³-hybridized carbons (Fsp3) is 0.350. The number of anilines is 1. The molecule has 0 aromatic heterocycles. The minimum Gasteiger partial charge on any atom is -0.489 e. The number of aryl methyl sites for hydroxylation is 3. The molecule has 0 bridgehead atoms. The van der Waals surface area contributed by atoms with E-state index in [2.05, 4.69) is 37.6 Å². The van der Waals surface area contributed by atoms with E-state index in [4.69, 9.17) is 4.74 Å². The molecule has 0 heterocycles. The van der Waals surface area contributed by atoms with Crippen molar-refractivity contribution >= 4 is 25.1 Å². The second-order valence-electron chi connectivity index (χ2n) is 6.24. The van der Waals surface area contributed by atoms with Gasteiger partial charge in [0.05, 0.1) is 12.8 Å². The minimum absolute atomic E-state index is 0.244. The van der Waals surface area contributed by atoms with Gasteiger partial charge >= 0.3 is 6.09 Å². The lowest BCUT2D eigenvalue weighted by Crippen LogP contribution is -2.30. The van der Waals surface area contributed by atoms with Crippen molar-refractivity contribution in [3.63, 3.8) is 0 Å². The van der Waals surface area contributed by atoms with E-state index in [0.717, 1.165) is 35.2 Å². The van der Waals surface area contributed by atoms with Crippen LogP contribution in [0.3, 0.4) is 0 Å². The molecule has 0 spiro atoms. The molecule has 1 N–H and O–H groups in total. The van der Waals surface area contributed by atoms with Gasteiger partial charge in [-0.3, -0.25) is 5.21 Å². The first-order chi connectivity index (χ1) is 12.4. The summed E-state index contributed by atoms with van der Waals surface area (Å²) in [6.45, 7) is 6.57. The van der Waals surface area contributed by atoms with E-state index in [0.29, 0.717) is 10.8 Å². The Morgan fingerprint density at radius 1 is 1.19 bits per heavy atom. The Hall–Kier alpha value is -2.47. The topological polar surface area (TPSA) is 59.0 Å². The van der Waals surface area contributed by atoms with Gasteiger partial charge in [0.1, 0.15) is 20.2 Å². The number of nitrogens with zero attached hydrogens (tertiary/aromatic N) is 1. The third kappa shape index (κ3) is 4.19. The Kier molecular flexibility index (Phi) is 6.69. The Morgan fingerprint density at radius 3 is 2.50 bits per heavy atom. The number of ether oxygens (including phenoxy) is 2. The molecule has 0 unspecified atom stereocenters. The maximum atomic E-state index is 11.7. The first-order valence-electron chi connectivity index (χ1n) is 8.83. The quantitative estimate of drug-likeness (QED) is 0.492. The fourth-order valence-corrected chi connectivity index (χ4v) is 2.98. The summed E-state index contributed by atoms with van der Waals surface area (Å²) < 4.78 is 10.7. The average molecular weight is 355 g/mol. The number of amides is 1. The SMILES string of the molecule is Bc1cccc(N(O)C(=O)OC)c1COc1cc(C)c(CC)cc1CC. The number of rotatable bonds is 6. The van der Waals surface area contributed by atoms with Crippen molar-refractivity contribution in [1.29, 1.82) is 0 Å². The highest BCUT2D eigenvalue weighted by Crippen LogP contribution is 2.27. The van der Waals surface area contributed by atoms with Crippen molar-refractivity contribution in [1.82, 2.24) is 0 Å². The van der Waals surface area contributed by atoms with E-state index in [1.54, 1.807) is 12.1 Å². The van der Waals surface area contributed by atoms with Crippen LogP contribution in [0.2, 0.25) is 0 Å². The second-order valence-corrected chi connectivity index (χ2v) is 6.24. The maximum Gasteiger partial charge on any atom is 0.438 e. The normalized spacial score (nSPS) is 10.5. The third-order valence-corrected chi connectivity index (χ3v) is 4.61. The van der Waals surface area contributed by atoms with Crippen LogP contribution in [-0.2, 0) is 24.2 Å². The standard InChI is InChI=1S/C20H26BNO4/c1-5-14-11-15(6-2)19(10-13(14)3)26-12-16-17(21)8-7-9-18(16)22(24)20(23)25-4/h7-11,24H,5-6,12,21H2,1-4H3. The predicted molar refractivity (Wildman–Crippen MR) is 106 cm³/mol. The number of methoxy groups -OCH3 is 1. The monoisotopic (exact) mass is 355 g/mol. The van der Waals surface area contributed by atoms with E-state index in [1.165, 1.54) is 18.2 Å². The summed E-state index contributed by atoms with van der Waals surface area (Å²) in [7, 11) is 3.14. The molecular weight excluding hydrogens is 329 g/mol. The smallest absolute Gasteiger partial charge is 0.438 e. The molecule has 2 aromatic rings. The average Bonchev–Trinajstić information content (AvgIpc) is 2.65. The molecule has 0 aliphatic carbocycles. The Bertz CT molecular complexity index is 792. The van der Waals surface area contributed by atoms with Crippen molar-refractivity contribution < 1.29 is 19.5 Å². The molecule has 1 amide bonds. The Labute approximate surface area is 155 Å². The zero-order valence-corrected chi connectivity index (χ0v) is 16.1. The van der Waals surface area contributed by atoms with Gasteiger partial charge in [0.15, 0.2) is 0 Å². The molecule has 5 nitrogen and oxygen atoms in total. The molecule has 6 heteroatoms. The molecule has 0 atom stereocenters. The zero-order valence-electron chi connectivity index (χ0n) is 16.1. The van der Waals surface area contributed by atoms with Crippen LogP contribution in [0, 0.1) is 6.92 Å². The molecule has 2 aromatic carbocycles. The van der Waals surface area contributed by atoms with Gasteiger partial charge in [0.2, 0.25) is 0 Å². The van der Waals surface area contributed by atoms with Crippen LogP contribution in [0.25, 0.3) is 0 Å². The summed E-state index contributed by atoms with van der Waals surface area (Å²) in [6, 6.07) is 9.61. The van der Waals surface area contributed by atoms with Gasteiger partial charge in [0.25, 0.3) is 0 Å². The lowest BCUT2D eigenvalue weighted by atomic mass is 9.89. The van der Waals surface area contributed by atoms with Crippen LogP contribution < -0.4 is 15.3 Å². The van der Waals surface area contributed by atoms with E-state index >= 15 is 0 Å². The summed E-state index contributed by atoms with van der Waals surface area (Å²) in [5.74, 6) is 0.832. The molecule has 2 rings (SSSR count). The summed E-state index contributed by atoms with van der Waals surface area (Å²) in [5.41, 5.74) is 5.68. The zero-order chi connectivity index (χ0) is 19.3. The van der Waals surface area contributed by atoms with Gasteiger partial charge in [-0.25, -0.2) is 4.79 Å². The molecule has 0 saturated heterocycles. The van der Waals surface area contributed by atoms with Crippen LogP contribution >= 0.6 is 0 Å². The van der Waals surface area contributed by atoms with Crippen molar-refractivity contribution in [3.05, 3.63) is 52.6 Å². The predicted octanol–water partition coefficient (Wildman–Crippen LogP) is 2.92. The fourth-order valence-electron chi connectivity index (χ4n) is 2.98. The Balaban J connectivity index is 2.33. The van der Waals surface area contributed by atoms with Crippen LogP contribution in [-0.4, -0.2) is 26.3 Å². The van der Waals surface area contributed by atoms with Gasteiger partial charge < -0.3 is 9.47 Å². The van der Waals surface area contributed by atoms with Crippen molar-refractivity contribution in [2.75, 3.05) is 12.2 Å². The molecule has 0 aliphatic heterocycles.